The molecule has 0 saturated heterocycles. The van der Waals surface area contributed by atoms with Crippen LogP contribution in [0, 0.1) is 11.6 Å². The van der Waals surface area contributed by atoms with Crippen LogP contribution in [0.25, 0.3) is 5.57 Å². The molecule has 0 amide bonds. The summed E-state index contributed by atoms with van der Waals surface area (Å²) in [7, 11) is 0. The van der Waals surface area contributed by atoms with Crippen LogP contribution in [0.2, 0.25) is 0 Å². The highest BCUT2D eigenvalue weighted by Gasteiger charge is 2.22. The zero-order chi connectivity index (χ0) is 13.3. The van der Waals surface area contributed by atoms with E-state index in [0.29, 0.717) is 12.0 Å². The Morgan fingerprint density at radius 3 is 2.56 bits per heavy atom. The molecule has 1 aromatic carbocycles. The number of benzene rings is 1. The average molecular weight is 319 g/mol. The number of alkyl halides is 1. The highest BCUT2D eigenvalue weighted by Crippen LogP contribution is 2.32. The lowest BCUT2D eigenvalue weighted by atomic mass is 9.96. The van der Waals surface area contributed by atoms with Crippen molar-refractivity contribution in [1.29, 1.82) is 0 Å². The Kier molecular flexibility index (Phi) is 3.49. The Hall–Kier alpha value is -1.27. The molecular weight excluding hydrogens is 309 g/mol. The van der Waals surface area contributed by atoms with Gasteiger partial charge in [-0.05, 0) is 24.1 Å². The van der Waals surface area contributed by atoms with E-state index in [2.05, 4.69) is 15.9 Å². The van der Waals surface area contributed by atoms with Crippen molar-refractivity contribution in [3.63, 3.8) is 0 Å². The van der Waals surface area contributed by atoms with E-state index in [1.807, 2.05) is 0 Å². The monoisotopic (exact) mass is 318 g/mol. The summed E-state index contributed by atoms with van der Waals surface area (Å²) in [5, 5.41) is 0. The van der Waals surface area contributed by atoms with Gasteiger partial charge in [0.2, 0.25) is 0 Å². The summed E-state index contributed by atoms with van der Waals surface area (Å²) >= 11 is 3.27. The van der Waals surface area contributed by atoms with Crippen molar-refractivity contribution >= 4 is 27.2 Å². The van der Waals surface area contributed by atoms with Crippen LogP contribution < -0.4 is 11.3 Å². The van der Waals surface area contributed by atoms with Crippen molar-refractivity contribution < 1.29 is 13.3 Å². The van der Waals surface area contributed by atoms with Gasteiger partial charge in [-0.3, -0.25) is 0 Å². The number of rotatable bonds is 2. The maximum atomic E-state index is 13.7. The molecule has 0 aromatic heterocycles. The fourth-order valence-electron chi connectivity index (χ4n) is 1.68. The second kappa shape index (κ2) is 4.78. The van der Waals surface area contributed by atoms with Gasteiger partial charge in [-0.15, -0.1) is 4.48 Å². The van der Waals surface area contributed by atoms with E-state index < -0.39 is 21.8 Å². The molecule has 1 unspecified atom stereocenters. The van der Waals surface area contributed by atoms with Crippen molar-refractivity contribution in [3.05, 3.63) is 47.6 Å². The first-order valence-corrected chi connectivity index (χ1v) is 5.96. The van der Waals surface area contributed by atoms with Crippen LogP contribution in [-0.2, 0) is 0 Å². The zero-order valence-electron chi connectivity index (χ0n) is 9.18. The molecule has 1 aliphatic carbocycles. The van der Waals surface area contributed by atoms with Crippen molar-refractivity contribution in [2.75, 3.05) is 5.54 Å². The maximum absolute atomic E-state index is 13.7. The van der Waals surface area contributed by atoms with Crippen molar-refractivity contribution in [3.8, 4) is 0 Å². The van der Waals surface area contributed by atoms with Crippen LogP contribution in [0.4, 0.5) is 18.9 Å². The first-order chi connectivity index (χ1) is 8.44. The summed E-state index contributed by atoms with van der Waals surface area (Å²) in [6.45, 7) is 0. The number of hydrogen-bond acceptors (Lipinski definition) is 2. The molecule has 0 fully saturated rings. The van der Waals surface area contributed by atoms with Crippen molar-refractivity contribution in [2.45, 2.75) is 10.9 Å². The maximum Gasteiger partial charge on any atom is 0.185 e. The summed E-state index contributed by atoms with van der Waals surface area (Å²) < 4.78 is 38.6. The van der Waals surface area contributed by atoms with Crippen LogP contribution in [0.15, 0.2) is 30.4 Å². The second-order valence-electron chi connectivity index (χ2n) is 4.01. The summed E-state index contributed by atoms with van der Waals surface area (Å²) in [6.07, 6.45) is 5.39. The lowest BCUT2D eigenvalue weighted by molar-refractivity contribution is 0.499. The third-order valence-electron chi connectivity index (χ3n) is 2.67. The summed E-state index contributed by atoms with van der Waals surface area (Å²) in [4.78, 5) is 0. The normalized spacial score (nSPS) is 22.8. The highest BCUT2D eigenvalue weighted by atomic mass is 79.9. The van der Waals surface area contributed by atoms with Crippen LogP contribution in [0.3, 0.4) is 0 Å². The smallest absolute Gasteiger partial charge is 0.185 e. The minimum absolute atomic E-state index is 0.0748. The minimum atomic E-state index is -1.24. The molecule has 2 nitrogen and oxygen atoms in total. The molecule has 0 aliphatic heterocycles. The Morgan fingerprint density at radius 1 is 1.28 bits per heavy atom. The molecule has 0 bridgehead atoms. The van der Waals surface area contributed by atoms with Crippen LogP contribution in [-0.4, -0.2) is 4.45 Å². The summed E-state index contributed by atoms with van der Waals surface area (Å²) in [6, 6.07) is 2.45. The number of anilines is 1. The molecule has 3 N–H and O–H groups in total. The largest absolute Gasteiger partial charge is 0.313 e. The molecule has 0 radical (unpaired) electrons. The Balaban J connectivity index is 2.40. The Bertz CT molecular complexity index is 538. The zero-order valence-corrected chi connectivity index (χ0v) is 10.8. The van der Waals surface area contributed by atoms with Crippen LogP contribution in [0.1, 0.15) is 12.0 Å². The van der Waals surface area contributed by atoms with E-state index in [-0.39, 0.29) is 5.56 Å². The molecule has 0 heterocycles. The van der Waals surface area contributed by atoms with Crippen LogP contribution in [0.5, 0.6) is 0 Å². The number of halogens is 4. The fourth-order valence-corrected chi connectivity index (χ4v) is 1.97. The highest BCUT2D eigenvalue weighted by molar-refractivity contribution is 9.10. The van der Waals surface area contributed by atoms with Gasteiger partial charge < -0.3 is 5.73 Å². The molecule has 1 aliphatic rings. The van der Waals surface area contributed by atoms with Gasteiger partial charge in [0.25, 0.3) is 0 Å². The van der Waals surface area contributed by atoms with E-state index in [1.54, 1.807) is 18.2 Å². The molecular formula is C12H10BrF3N2. The SMILES string of the molecule is NC1(Br)C=CC(c2ccc(NF)c(F)c2F)=CC1. The van der Waals surface area contributed by atoms with E-state index in [4.69, 9.17) is 5.73 Å². The number of nitrogens with one attached hydrogen (secondary N) is 1. The second-order valence-corrected chi connectivity index (χ2v) is 5.48. The molecule has 1 atom stereocenters. The minimum Gasteiger partial charge on any atom is -0.313 e. The molecule has 0 saturated carbocycles. The quantitative estimate of drug-likeness (QED) is 0.496. The van der Waals surface area contributed by atoms with Gasteiger partial charge in [-0.25, -0.2) is 14.3 Å². The number of allylic oxidation sites excluding steroid dienone is 2. The third-order valence-corrected chi connectivity index (χ3v) is 3.26. The standard InChI is InChI=1S/C12H10BrF3N2/c13-12(17)5-3-7(4-6-12)8-1-2-9(18-16)11(15)10(8)14/h1-5,18H,6,17H2. The molecule has 96 valence electrons. The van der Waals surface area contributed by atoms with E-state index >= 15 is 0 Å². The fraction of sp³-hybridized carbons (Fsp3) is 0.167. The van der Waals surface area contributed by atoms with Gasteiger partial charge in [0.1, 0.15) is 5.69 Å². The third kappa shape index (κ3) is 2.44. The molecule has 1 aromatic rings. The van der Waals surface area contributed by atoms with Crippen LogP contribution >= 0.6 is 15.9 Å². The Labute approximate surface area is 110 Å². The number of hydrogen-bond donors (Lipinski definition) is 2. The van der Waals surface area contributed by atoms with Gasteiger partial charge >= 0.3 is 0 Å². The molecule has 6 heteroatoms. The summed E-state index contributed by atoms with van der Waals surface area (Å²) in [5.74, 6) is -2.33. The number of nitrogens with two attached hydrogens (primary N) is 1. The van der Waals surface area contributed by atoms with E-state index in [1.165, 1.54) is 6.07 Å². The van der Waals surface area contributed by atoms with E-state index in [0.717, 1.165) is 11.6 Å². The van der Waals surface area contributed by atoms with Gasteiger partial charge in [-0.1, -0.05) is 34.2 Å². The van der Waals surface area contributed by atoms with Crippen molar-refractivity contribution in [1.82, 2.24) is 0 Å². The average Bonchev–Trinajstić information content (AvgIpc) is 2.33. The van der Waals surface area contributed by atoms with Gasteiger partial charge in [0, 0.05) is 5.56 Å². The predicted molar refractivity (Wildman–Crippen MR) is 68.7 cm³/mol. The molecule has 18 heavy (non-hydrogen) atoms. The van der Waals surface area contributed by atoms with Gasteiger partial charge in [0.05, 0.1) is 4.45 Å². The first-order valence-electron chi connectivity index (χ1n) is 5.17. The molecule has 0 spiro atoms. The van der Waals surface area contributed by atoms with Gasteiger partial charge in [0.15, 0.2) is 11.6 Å². The Morgan fingerprint density at radius 2 is 2.00 bits per heavy atom. The van der Waals surface area contributed by atoms with Gasteiger partial charge in [-0.2, -0.15) is 0 Å². The predicted octanol–water partition coefficient (Wildman–Crippen LogP) is 3.65. The van der Waals surface area contributed by atoms with E-state index in [9.17, 15) is 13.3 Å². The first kappa shape index (κ1) is 13.2. The lowest BCUT2D eigenvalue weighted by Gasteiger charge is -2.21. The molecule has 2 rings (SSSR count). The lowest BCUT2D eigenvalue weighted by Crippen LogP contribution is -2.30. The summed E-state index contributed by atoms with van der Waals surface area (Å²) in [5.41, 5.74) is 6.95. The topological polar surface area (TPSA) is 38.0 Å². The van der Waals surface area contributed by atoms with Crippen molar-refractivity contribution in [2.24, 2.45) is 5.73 Å².